The van der Waals surface area contributed by atoms with Crippen LogP contribution in [0.1, 0.15) is 36.8 Å². The Morgan fingerprint density at radius 2 is 1.92 bits per heavy atom. The summed E-state index contributed by atoms with van der Waals surface area (Å²) in [4.78, 5) is 0. The van der Waals surface area contributed by atoms with Crippen LogP contribution in [-0.4, -0.2) is 13.2 Å². The molecule has 1 fully saturated rings. The van der Waals surface area contributed by atoms with Crippen molar-refractivity contribution in [1.82, 2.24) is 5.32 Å². The van der Waals surface area contributed by atoms with E-state index in [1.54, 1.807) is 7.11 Å². The lowest BCUT2D eigenvalue weighted by molar-refractivity contribution is 0.280. The highest BCUT2D eigenvalue weighted by molar-refractivity contribution is 9.10. The number of rotatable bonds is 7. The Labute approximate surface area is 162 Å². The average molecular weight is 425 g/mol. The zero-order chi connectivity index (χ0) is 17.6. The van der Waals surface area contributed by atoms with Gasteiger partial charge in [-0.15, -0.1) is 0 Å². The standard InChI is InChI=1S/C20H23BrClNO2/c1-24-19-11-10-17(21)16(12-23-15-7-3-4-8-15)20(19)25-13-14-6-2-5-9-18(14)22/h2,5-6,9-11,15,23H,3-4,7-8,12-13H2,1H3. The molecule has 2 aromatic carbocycles. The maximum Gasteiger partial charge on any atom is 0.167 e. The van der Waals surface area contributed by atoms with Gasteiger partial charge in [0, 0.05) is 33.2 Å². The highest BCUT2D eigenvalue weighted by Gasteiger charge is 2.19. The van der Waals surface area contributed by atoms with Gasteiger partial charge in [0.1, 0.15) is 6.61 Å². The largest absolute Gasteiger partial charge is 0.493 e. The zero-order valence-electron chi connectivity index (χ0n) is 14.4. The Morgan fingerprint density at radius 3 is 2.64 bits per heavy atom. The van der Waals surface area contributed by atoms with Crippen LogP contribution in [-0.2, 0) is 13.2 Å². The smallest absolute Gasteiger partial charge is 0.167 e. The number of ether oxygens (including phenoxy) is 2. The summed E-state index contributed by atoms with van der Waals surface area (Å²) in [5.74, 6) is 1.50. The van der Waals surface area contributed by atoms with E-state index in [-0.39, 0.29) is 0 Å². The van der Waals surface area contributed by atoms with Crippen molar-refractivity contribution >= 4 is 27.5 Å². The van der Waals surface area contributed by atoms with Gasteiger partial charge in [-0.25, -0.2) is 0 Å². The first kappa shape index (κ1) is 18.6. The van der Waals surface area contributed by atoms with E-state index in [1.807, 2.05) is 36.4 Å². The molecule has 0 heterocycles. The lowest BCUT2D eigenvalue weighted by atomic mass is 10.1. The van der Waals surface area contributed by atoms with Crippen molar-refractivity contribution < 1.29 is 9.47 Å². The summed E-state index contributed by atoms with van der Waals surface area (Å²) >= 11 is 9.91. The van der Waals surface area contributed by atoms with Crippen LogP contribution in [0.25, 0.3) is 0 Å². The molecule has 2 aromatic rings. The first-order valence-electron chi connectivity index (χ1n) is 8.64. The van der Waals surface area contributed by atoms with Gasteiger partial charge in [0.25, 0.3) is 0 Å². The highest BCUT2D eigenvalue weighted by Crippen LogP contribution is 2.37. The van der Waals surface area contributed by atoms with Crippen LogP contribution in [0.4, 0.5) is 0 Å². The first-order valence-corrected chi connectivity index (χ1v) is 9.81. The predicted octanol–water partition coefficient (Wildman–Crippen LogP) is 5.72. The summed E-state index contributed by atoms with van der Waals surface area (Å²) in [6.07, 6.45) is 5.12. The highest BCUT2D eigenvalue weighted by atomic mass is 79.9. The number of methoxy groups -OCH3 is 1. The number of hydrogen-bond donors (Lipinski definition) is 1. The van der Waals surface area contributed by atoms with Crippen molar-refractivity contribution in [1.29, 1.82) is 0 Å². The third-order valence-electron chi connectivity index (χ3n) is 4.64. The van der Waals surface area contributed by atoms with Crippen molar-refractivity contribution in [2.75, 3.05) is 7.11 Å². The van der Waals surface area contributed by atoms with Gasteiger partial charge in [0.2, 0.25) is 0 Å². The van der Waals surface area contributed by atoms with Crippen LogP contribution < -0.4 is 14.8 Å². The molecule has 0 spiro atoms. The van der Waals surface area contributed by atoms with Crippen molar-refractivity contribution in [2.45, 2.75) is 44.9 Å². The van der Waals surface area contributed by atoms with Crippen LogP contribution in [0.2, 0.25) is 5.02 Å². The molecule has 1 aliphatic rings. The molecule has 0 atom stereocenters. The van der Waals surface area contributed by atoms with E-state index in [9.17, 15) is 0 Å². The van der Waals surface area contributed by atoms with E-state index in [1.165, 1.54) is 25.7 Å². The molecular formula is C20H23BrClNO2. The van der Waals surface area contributed by atoms with Crippen LogP contribution >= 0.6 is 27.5 Å². The molecule has 0 saturated heterocycles. The van der Waals surface area contributed by atoms with Gasteiger partial charge in [-0.2, -0.15) is 0 Å². The molecule has 5 heteroatoms. The topological polar surface area (TPSA) is 30.5 Å². The van der Waals surface area contributed by atoms with Gasteiger partial charge in [-0.05, 0) is 31.0 Å². The second-order valence-corrected chi connectivity index (χ2v) is 7.56. The second-order valence-electron chi connectivity index (χ2n) is 6.30. The van der Waals surface area contributed by atoms with Crippen LogP contribution in [0.3, 0.4) is 0 Å². The van der Waals surface area contributed by atoms with E-state index in [0.29, 0.717) is 17.7 Å². The predicted molar refractivity (Wildman–Crippen MR) is 106 cm³/mol. The minimum atomic E-state index is 0.406. The number of nitrogens with one attached hydrogen (secondary N) is 1. The van der Waals surface area contributed by atoms with E-state index in [0.717, 1.165) is 33.6 Å². The van der Waals surface area contributed by atoms with Crippen molar-refractivity contribution in [3.63, 3.8) is 0 Å². The molecule has 0 amide bonds. The molecule has 0 radical (unpaired) electrons. The summed E-state index contributed by atoms with van der Waals surface area (Å²) in [6, 6.07) is 12.3. The number of hydrogen-bond acceptors (Lipinski definition) is 3. The van der Waals surface area contributed by atoms with Crippen molar-refractivity contribution in [3.8, 4) is 11.5 Å². The van der Waals surface area contributed by atoms with E-state index in [2.05, 4.69) is 21.2 Å². The average Bonchev–Trinajstić information content (AvgIpc) is 3.14. The van der Waals surface area contributed by atoms with E-state index in [4.69, 9.17) is 21.1 Å². The lowest BCUT2D eigenvalue weighted by Crippen LogP contribution is -2.25. The SMILES string of the molecule is COc1ccc(Br)c(CNC2CCCC2)c1OCc1ccccc1Cl. The lowest BCUT2D eigenvalue weighted by Gasteiger charge is -2.19. The molecule has 1 N–H and O–H groups in total. The van der Waals surface area contributed by atoms with Gasteiger partial charge in [0.05, 0.1) is 7.11 Å². The molecule has 1 aliphatic carbocycles. The third kappa shape index (κ3) is 4.69. The molecule has 0 unspecified atom stereocenters. The molecule has 1 saturated carbocycles. The summed E-state index contributed by atoms with van der Waals surface area (Å²) in [7, 11) is 1.67. The van der Waals surface area contributed by atoms with Gasteiger partial charge < -0.3 is 14.8 Å². The molecule has 0 bridgehead atoms. The Kier molecular flexibility index (Phi) is 6.63. The molecule has 3 rings (SSSR count). The summed E-state index contributed by atoms with van der Waals surface area (Å²) in [5, 5.41) is 4.36. The molecular weight excluding hydrogens is 402 g/mol. The second kappa shape index (κ2) is 8.93. The summed E-state index contributed by atoms with van der Waals surface area (Å²) in [6.45, 7) is 1.16. The van der Waals surface area contributed by atoms with Gasteiger partial charge >= 0.3 is 0 Å². The Morgan fingerprint density at radius 1 is 1.16 bits per heavy atom. The number of halogens is 2. The maximum absolute atomic E-state index is 6.25. The van der Waals surface area contributed by atoms with Gasteiger partial charge in [0.15, 0.2) is 11.5 Å². The summed E-state index contributed by atoms with van der Waals surface area (Å²) < 4.78 is 12.7. The molecule has 3 nitrogen and oxygen atoms in total. The fraction of sp³-hybridized carbons (Fsp3) is 0.400. The first-order chi connectivity index (χ1) is 12.2. The third-order valence-corrected chi connectivity index (χ3v) is 5.75. The van der Waals surface area contributed by atoms with E-state index < -0.39 is 0 Å². The van der Waals surface area contributed by atoms with Gasteiger partial charge in [-0.3, -0.25) is 0 Å². The molecule has 25 heavy (non-hydrogen) atoms. The maximum atomic E-state index is 6.25. The zero-order valence-corrected chi connectivity index (χ0v) is 16.7. The van der Waals surface area contributed by atoms with Crippen LogP contribution in [0, 0.1) is 0 Å². The van der Waals surface area contributed by atoms with Crippen molar-refractivity contribution in [2.24, 2.45) is 0 Å². The van der Waals surface area contributed by atoms with Crippen molar-refractivity contribution in [3.05, 3.63) is 57.0 Å². The quantitative estimate of drug-likeness (QED) is 0.616. The Hall–Kier alpha value is -1.23. The van der Waals surface area contributed by atoms with Crippen LogP contribution in [0.5, 0.6) is 11.5 Å². The van der Waals surface area contributed by atoms with Gasteiger partial charge in [-0.1, -0.05) is 58.6 Å². The minimum Gasteiger partial charge on any atom is -0.493 e. The molecule has 0 aliphatic heterocycles. The van der Waals surface area contributed by atoms with Crippen LogP contribution in [0.15, 0.2) is 40.9 Å². The monoisotopic (exact) mass is 423 g/mol. The summed E-state index contributed by atoms with van der Waals surface area (Å²) in [5.41, 5.74) is 2.04. The Bertz CT molecular complexity index is 717. The Balaban J connectivity index is 1.79. The molecule has 0 aromatic heterocycles. The fourth-order valence-electron chi connectivity index (χ4n) is 3.21. The molecule has 134 valence electrons. The van der Waals surface area contributed by atoms with E-state index >= 15 is 0 Å². The fourth-order valence-corrected chi connectivity index (χ4v) is 3.85. The number of benzene rings is 2. The normalized spacial score (nSPS) is 14.7. The minimum absolute atomic E-state index is 0.406.